The number of hydrogen-bond acceptors (Lipinski definition) is 4. The summed E-state index contributed by atoms with van der Waals surface area (Å²) >= 11 is 0. The number of aryl methyl sites for hydroxylation is 6. The first-order chi connectivity index (χ1) is 29.8. The van der Waals surface area contributed by atoms with Gasteiger partial charge in [0.1, 0.15) is 69.8 Å². The van der Waals surface area contributed by atoms with Gasteiger partial charge in [0, 0.05) is 59.7 Å². The van der Waals surface area contributed by atoms with Crippen LogP contribution in [0.15, 0.2) is 97.1 Å². The molecule has 6 aromatic carbocycles. The van der Waals surface area contributed by atoms with E-state index in [2.05, 4.69) is 77.9 Å². The zero-order valence-electron chi connectivity index (χ0n) is 34.7. The van der Waals surface area contributed by atoms with Crippen LogP contribution in [0.3, 0.4) is 0 Å². The number of benzene rings is 6. The average Bonchev–Trinajstić information content (AvgIpc) is 3.09. The molecule has 0 aromatic heterocycles. The molecular formula is C48H34CuF12O4. The minimum atomic E-state index is -1.59. The first kappa shape index (κ1) is 54.6. The Labute approximate surface area is 375 Å². The molecule has 17 heteroatoms. The summed E-state index contributed by atoms with van der Waals surface area (Å²) in [5, 5.41) is 23.3. The Morgan fingerprint density at radius 3 is 0.646 bits per heavy atom. The fourth-order valence-corrected chi connectivity index (χ4v) is 6.04. The molecule has 1 radical (unpaired) electrons. The van der Waals surface area contributed by atoms with Gasteiger partial charge in [-0.05, 0) is 53.7 Å². The molecule has 0 aliphatic heterocycles. The van der Waals surface area contributed by atoms with Gasteiger partial charge in [0.25, 0.3) is 0 Å². The maximum atomic E-state index is 13.4. The molecule has 6 aromatic rings. The van der Waals surface area contributed by atoms with Crippen molar-refractivity contribution in [3.8, 4) is 0 Å². The number of rotatable bonds is 6. The Hall–Kier alpha value is -6.58. The van der Waals surface area contributed by atoms with Crippen molar-refractivity contribution in [3.05, 3.63) is 223 Å². The SMILES string of the molecule is Cc1cc(C)cc(C)c1.Cc1cc(C)cc(C)c1.O=C(/C=C(\[O-])c1c(F)cc(F)cc1F)c1c(F)cc(F)cc1F.O=C(/C=C(\[O-])c1c(F)cc(F)cc1F)c1c(F)cc(F)cc1F.[Cu+2]. The molecule has 6 rings (SSSR count). The Bertz CT molecular complexity index is 2410. The molecule has 4 nitrogen and oxygen atoms in total. The quantitative estimate of drug-likeness (QED) is 0.0548. The van der Waals surface area contributed by atoms with Gasteiger partial charge < -0.3 is 10.2 Å². The summed E-state index contributed by atoms with van der Waals surface area (Å²) in [5.74, 6) is -24.1. The van der Waals surface area contributed by atoms with Gasteiger partial charge in [-0.15, -0.1) is 0 Å². The fourth-order valence-electron chi connectivity index (χ4n) is 6.04. The summed E-state index contributed by atoms with van der Waals surface area (Å²) in [7, 11) is 0. The van der Waals surface area contributed by atoms with Gasteiger partial charge in [0.05, 0.1) is 11.1 Å². The molecule has 0 spiro atoms. The zero-order valence-corrected chi connectivity index (χ0v) is 35.6. The second-order valence-electron chi connectivity index (χ2n) is 14.1. The minimum Gasteiger partial charge on any atom is -0.872 e. The third kappa shape index (κ3) is 15.9. The fraction of sp³-hybridized carbons (Fsp3) is 0.125. The Morgan fingerprint density at radius 1 is 0.323 bits per heavy atom. The average molecular weight is 966 g/mol. The standard InChI is InChI=1S/2C15H6F6O2.2C9H12.Cu/c2*16-6-1-8(18)14(9(19)2-6)12(22)5-13(23)15-10(20)3-7(17)4-11(15)21;2*1-7-4-8(2)6-9(3)5-7;/h2*1-5,22H;2*4-6H,1-3H3;/q;;;;+2/p-2/b2*12-5-;;;. The van der Waals surface area contributed by atoms with Crippen molar-refractivity contribution in [2.75, 3.05) is 0 Å². The van der Waals surface area contributed by atoms with Crippen LogP contribution >= 0.6 is 0 Å². The molecule has 0 amide bonds. The Balaban J connectivity index is 0.000000322. The van der Waals surface area contributed by atoms with Crippen molar-refractivity contribution in [1.82, 2.24) is 0 Å². The van der Waals surface area contributed by atoms with Gasteiger partial charge in [-0.1, -0.05) is 81.3 Å². The van der Waals surface area contributed by atoms with Crippen LogP contribution in [0.5, 0.6) is 0 Å². The number of carbonyl (C=O) groups excluding carboxylic acids is 2. The van der Waals surface area contributed by atoms with Crippen LogP contribution in [0, 0.1) is 111 Å². The van der Waals surface area contributed by atoms with Crippen molar-refractivity contribution in [1.29, 1.82) is 0 Å². The predicted molar refractivity (Wildman–Crippen MR) is 211 cm³/mol. The van der Waals surface area contributed by atoms with Gasteiger partial charge in [-0.3, -0.25) is 9.59 Å². The van der Waals surface area contributed by atoms with Gasteiger partial charge in [0.15, 0.2) is 11.6 Å². The van der Waals surface area contributed by atoms with E-state index in [1.54, 1.807) is 0 Å². The third-order valence-electron chi connectivity index (χ3n) is 8.27. The number of halogens is 12. The van der Waals surface area contributed by atoms with Crippen LogP contribution in [0.1, 0.15) is 65.2 Å². The van der Waals surface area contributed by atoms with E-state index in [4.69, 9.17) is 0 Å². The van der Waals surface area contributed by atoms with Gasteiger partial charge in [-0.25, -0.2) is 52.7 Å². The number of carbonyl (C=O) groups is 2. The Kier molecular flexibility index (Phi) is 20.1. The topological polar surface area (TPSA) is 80.3 Å². The molecule has 65 heavy (non-hydrogen) atoms. The van der Waals surface area contributed by atoms with Gasteiger partial charge in [-0.2, -0.15) is 0 Å². The predicted octanol–water partition coefficient (Wildman–Crippen LogP) is 11.4. The van der Waals surface area contributed by atoms with E-state index in [1.807, 2.05) is 0 Å². The zero-order chi connectivity index (χ0) is 48.3. The first-order valence-corrected chi connectivity index (χ1v) is 18.3. The monoisotopic (exact) mass is 965 g/mol. The molecule has 0 fully saturated rings. The van der Waals surface area contributed by atoms with E-state index in [0.29, 0.717) is 0 Å². The molecule has 0 N–H and O–H groups in total. The van der Waals surface area contributed by atoms with E-state index >= 15 is 0 Å². The van der Waals surface area contributed by atoms with Crippen molar-refractivity contribution < 1.29 is 89.6 Å². The summed E-state index contributed by atoms with van der Waals surface area (Å²) in [6.45, 7) is 12.8. The number of ketones is 2. The number of allylic oxidation sites excluding steroid dienone is 2. The molecule has 0 saturated heterocycles. The van der Waals surface area contributed by atoms with Crippen LogP contribution in [0.25, 0.3) is 11.5 Å². The molecule has 0 saturated carbocycles. The van der Waals surface area contributed by atoms with Crippen LogP contribution in [0.2, 0.25) is 0 Å². The van der Waals surface area contributed by atoms with Crippen molar-refractivity contribution in [2.45, 2.75) is 41.5 Å². The van der Waals surface area contributed by atoms with Crippen molar-refractivity contribution in [2.24, 2.45) is 0 Å². The van der Waals surface area contributed by atoms with E-state index in [-0.39, 0.29) is 77.8 Å². The van der Waals surface area contributed by atoms with Crippen molar-refractivity contribution in [3.63, 3.8) is 0 Å². The van der Waals surface area contributed by atoms with Crippen LogP contribution in [-0.2, 0) is 17.1 Å². The molecular weight excluding hydrogens is 932 g/mol. The largest absolute Gasteiger partial charge is 2.00 e. The molecule has 0 bridgehead atoms. The normalized spacial score (nSPS) is 10.9. The molecule has 0 unspecified atom stereocenters. The van der Waals surface area contributed by atoms with E-state index in [9.17, 15) is 72.5 Å². The van der Waals surface area contributed by atoms with E-state index < -0.39 is 115 Å². The van der Waals surface area contributed by atoms with Crippen molar-refractivity contribution >= 4 is 23.1 Å². The Morgan fingerprint density at radius 2 is 0.477 bits per heavy atom. The maximum absolute atomic E-state index is 13.4. The minimum absolute atomic E-state index is 0. The summed E-state index contributed by atoms with van der Waals surface area (Å²) in [4.78, 5) is 23.3. The van der Waals surface area contributed by atoms with Crippen LogP contribution in [-0.4, -0.2) is 11.6 Å². The second kappa shape index (κ2) is 23.9. The van der Waals surface area contributed by atoms with Crippen LogP contribution < -0.4 is 10.2 Å². The molecule has 0 heterocycles. The maximum Gasteiger partial charge on any atom is 2.00 e. The smallest absolute Gasteiger partial charge is 0.872 e. The second-order valence-corrected chi connectivity index (χ2v) is 14.1. The van der Waals surface area contributed by atoms with E-state index in [0.717, 1.165) is 0 Å². The summed E-state index contributed by atoms with van der Waals surface area (Å²) in [5.41, 5.74) is 3.08. The molecule has 0 atom stereocenters. The van der Waals surface area contributed by atoms with E-state index in [1.165, 1.54) is 33.4 Å². The molecule has 0 aliphatic carbocycles. The summed E-state index contributed by atoms with van der Waals surface area (Å²) in [6, 6.07) is 14.7. The van der Waals surface area contributed by atoms with Gasteiger partial charge >= 0.3 is 17.1 Å². The summed E-state index contributed by atoms with van der Waals surface area (Å²) < 4.78 is 158. The first-order valence-electron chi connectivity index (χ1n) is 18.3. The molecule has 345 valence electrons. The number of hydrogen-bond donors (Lipinski definition) is 0. The molecule has 0 aliphatic rings. The third-order valence-corrected chi connectivity index (χ3v) is 8.27. The van der Waals surface area contributed by atoms with Gasteiger partial charge in [0.2, 0.25) is 0 Å². The van der Waals surface area contributed by atoms with Crippen LogP contribution in [0.4, 0.5) is 52.7 Å². The summed E-state index contributed by atoms with van der Waals surface area (Å²) in [6.07, 6.45) is 0.0532.